The molecule has 0 saturated heterocycles. The van der Waals surface area contributed by atoms with Crippen LogP contribution in [0.5, 0.6) is 0 Å². The molecule has 1 aliphatic rings. The summed E-state index contributed by atoms with van der Waals surface area (Å²) < 4.78 is 1.71. The summed E-state index contributed by atoms with van der Waals surface area (Å²) in [5.41, 5.74) is 10.4. The maximum atomic E-state index is 6.46. The summed E-state index contributed by atoms with van der Waals surface area (Å²) in [5, 5.41) is 13.0. The first-order chi connectivity index (χ1) is 13.1. The van der Waals surface area contributed by atoms with Crippen LogP contribution >= 0.6 is 11.6 Å². The van der Waals surface area contributed by atoms with Gasteiger partial charge in [-0.2, -0.15) is 10.2 Å². The van der Waals surface area contributed by atoms with E-state index >= 15 is 0 Å². The van der Waals surface area contributed by atoms with Gasteiger partial charge in [0, 0.05) is 23.1 Å². The van der Waals surface area contributed by atoms with Crippen molar-refractivity contribution in [3.8, 4) is 17.1 Å². The molecule has 4 aromatic rings. The van der Waals surface area contributed by atoms with Crippen LogP contribution in [0, 0.1) is 6.92 Å². The molecule has 1 fully saturated rings. The van der Waals surface area contributed by atoms with Crippen LogP contribution < -0.4 is 5.73 Å². The van der Waals surface area contributed by atoms with E-state index in [-0.39, 0.29) is 0 Å². The number of aromatic amines is 1. The summed E-state index contributed by atoms with van der Waals surface area (Å²) in [5.74, 6) is 1.45. The van der Waals surface area contributed by atoms with Crippen LogP contribution in [0.3, 0.4) is 0 Å². The summed E-state index contributed by atoms with van der Waals surface area (Å²) >= 11 is 6.46. The second-order valence-electron chi connectivity index (χ2n) is 6.99. The van der Waals surface area contributed by atoms with Crippen molar-refractivity contribution < 1.29 is 0 Å². The van der Waals surface area contributed by atoms with E-state index in [1.165, 1.54) is 6.42 Å². The molecule has 0 radical (unpaired) electrons. The smallest absolute Gasteiger partial charge is 0.182 e. The van der Waals surface area contributed by atoms with Gasteiger partial charge in [-0.25, -0.2) is 14.6 Å². The van der Waals surface area contributed by atoms with E-state index in [1.54, 1.807) is 10.9 Å². The Kier molecular flexibility index (Phi) is 3.65. The summed E-state index contributed by atoms with van der Waals surface area (Å²) in [6.45, 7) is 1.93. The monoisotopic (exact) mass is 379 g/mol. The molecule has 3 heterocycles. The molecule has 0 bridgehead atoms. The van der Waals surface area contributed by atoms with Crippen LogP contribution in [-0.4, -0.2) is 29.9 Å². The number of hydrogen-bond acceptors (Lipinski definition) is 5. The van der Waals surface area contributed by atoms with Gasteiger partial charge < -0.3 is 5.73 Å². The van der Waals surface area contributed by atoms with Gasteiger partial charge in [-0.15, -0.1) is 0 Å². The van der Waals surface area contributed by atoms with Crippen molar-refractivity contribution >= 4 is 28.3 Å². The van der Waals surface area contributed by atoms with Crippen LogP contribution in [-0.2, 0) is 0 Å². The molecule has 0 amide bonds. The first kappa shape index (κ1) is 16.3. The van der Waals surface area contributed by atoms with Gasteiger partial charge >= 0.3 is 0 Å². The molecule has 1 aromatic carbocycles. The topological polar surface area (TPSA) is 98.3 Å². The molecule has 0 unspecified atom stereocenters. The van der Waals surface area contributed by atoms with E-state index in [2.05, 4.69) is 20.3 Å². The Balaban J connectivity index is 1.76. The summed E-state index contributed by atoms with van der Waals surface area (Å²) in [7, 11) is 0. The predicted octanol–water partition coefficient (Wildman–Crippen LogP) is 4.02. The predicted molar refractivity (Wildman–Crippen MR) is 105 cm³/mol. The van der Waals surface area contributed by atoms with Gasteiger partial charge in [0.1, 0.15) is 11.5 Å². The number of nitrogens with two attached hydrogens (primary N) is 1. The Labute approximate surface area is 160 Å². The fourth-order valence-electron chi connectivity index (χ4n) is 3.47. The van der Waals surface area contributed by atoms with Gasteiger partial charge in [0.2, 0.25) is 0 Å². The van der Waals surface area contributed by atoms with Crippen LogP contribution in [0.25, 0.3) is 28.0 Å². The highest BCUT2D eigenvalue weighted by atomic mass is 35.5. The lowest BCUT2D eigenvalue weighted by atomic mass is 9.82. The third-order valence-corrected chi connectivity index (χ3v) is 5.44. The number of aryl methyl sites for hydroxylation is 1. The van der Waals surface area contributed by atoms with Crippen molar-refractivity contribution in [2.45, 2.75) is 32.1 Å². The number of rotatable bonds is 3. The molecule has 0 aliphatic heterocycles. The van der Waals surface area contributed by atoms with Crippen LogP contribution in [0.1, 0.15) is 36.6 Å². The van der Waals surface area contributed by atoms with Crippen LogP contribution in [0.2, 0.25) is 5.02 Å². The Morgan fingerprint density at radius 3 is 2.81 bits per heavy atom. The summed E-state index contributed by atoms with van der Waals surface area (Å²) in [6, 6.07) is 5.82. The molecule has 5 rings (SSSR count). The van der Waals surface area contributed by atoms with E-state index in [1.807, 2.05) is 31.3 Å². The van der Waals surface area contributed by atoms with Gasteiger partial charge in [0.05, 0.1) is 28.1 Å². The third kappa shape index (κ3) is 2.66. The minimum absolute atomic E-state index is 0.373. The fourth-order valence-corrected chi connectivity index (χ4v) is 3.74. The van der Waals surface area contributed by atoms with Crippen molar-refractivity contribution in [2.75, 3.05) is 5.73 Å². The number of nitrogen functional groups attached to an aromatic ring is 1. The number of fused-ring (bicyclic) bond motifs is 1. The lowest BCUT2D eigenvalue weighted by Gasteiger charge is -2.26. The van der Waals surface area contributed by atoms with E-state index < -0.39 is 0 Å². The van der Waals surface area contributed by atoms with Crippen molar-refractivity contribution in [3.05, 3.63) is 47.0 Å². The number of nitrogens with one attached hydrogen (secondary N) is 1. The van der Waals surface area contributed by atoms with Gasteiger partial charge in [-0.05, 0) is 38.0 Å². The molecular weight excluding hydrogens is 362 g/mol. The third-order valence-electron chi connectivity index (χ3n) is 5.14. The van der Waals surface area contributed by atoms with Gasteiger partial charge in [0.15, 0.2) is 5.82 Å². The second-order valence-corrected chi connectivity index (χ2v) is 7.40. The van der Waals surface area contributed by atoms with E-state index in [4.69, 9.17) is 22.3 Å². The maximum Gasteiger partial charge on any atom is 0.182 e. The highest BCUT2D eigenvalue weighted by Crippen LogP contribution is 2.40. The SMILES string of the molecule is Cc1ccn(-c2nc(N)c(C3CCC3)nc2-c2cc(Cl)c3[nH]ncc3c2)n1. The zero-order valence-corrected chi connectivity index (χ0v) is 15.5. The average Bonchev–Trinajstić information content (AvgIpc) is 3.23. The maximum absolute atomic E-state index is 6.46. The standard InChI is InChI=1S/C19H18ClN7/c1-10-5-6-27(26-10)19-17(23-16(18(21)24-19)11-3-2-4-11)12-7-13-9-22-25-15(13)14(20)8-12/h5-9,11H,2-4H2,1H3,(H2,21,24)(H,22,25). The molecule has 0 spiro atoms. The van der Waals surface area contributed by atoms with Crippen LogP contribution in [0.15, 0.2) is 30.6 Å². The molecule has 8 heteroatoms. The molecule has 1 saturated carbocycles. The molecular formula is C19H18ClN7. The lowest BCUT2D eigenvalue weighted by molar-refractivity contribution is 0.411. The molecule has 1 aliphatic carbocycles. The first-order valence-electron chi connectivity index (χ1n) is 8.93. The minimum Gasteiger partial charge on any atom is -0.382 e. The molecule has 7 nitrogen and oxygen atoms in total. The van der Waals surface area contributed by atoms with Gasteiger partial charge in [0.25, 0.3) is 0 Å². The average molecular weight is 380 g/mol. The second kappa shape index (κ2) is 6.06. The normalized spacial score (nSPS) is 14.6. The number of benzene rings is 1. The van der Waals surface area contributed by atoms with Crippen molar-refractivity contribution in [1.29, 1.82) is 0 Å². The molecule has 27 heavy (non-hydrogen) atoms. The zero-order chi connectivity index (χ0) is 18.5. The Morgan fingerprint density at radius 1 is 1.26 bits per heavy atom. The number of halogens is 1. The number of hydrogen-bond donors (Lipinski definition) is 2. The highest BCUT2D eigenvalue weighted by Gasteiger charge is 2.26. The molecule has 136 valence electrons. The minimum atomic E-state index is 0.373. The van der Waals surface area contributed by atoms with Gasteiger partial charge in [-0.3, -0.25) is 5.10 Å². The molecule has 3 N–H and O–H groups in total. The van der Waals surface area contributed by atoms with Crippen molar-refractivity contribution in [3.63, 3.8) is 0 Å². The largest absolute Gasteiger partial charge is 0.382 e. The Hall–Kier alpha value is -2.93. The van der Waals surface area contributed by atoms with E-state index in [9.17, 15) is 0 Å². The number of H-pyrrole nitrogens is 1. The van der Waals surface area contributed by atoms with Crippen molar-refractivity contribution in [2.24, 2.45) is 0 Å². The first-order valence-corrected chi connectivity index (χ1v) is 9.31. The van der Waals surface area contributed by atoms with Crippen LogP contribution in [0.4, 0.5) is 5.82 Å². The fraction of sp³-hybridized carbons (Fsp3) is 0.263. The molecule has 3 aromatic heterocycles. The highest BCUT2D eigenvalue weighted by molar-refractivity contribution is 6.35. The van der Waals surface area contributed by atoms with Crippen molar-refractivity contribution in [1.82, 2.24) is 29.9 Å². The Morgan fingerprint density at radius 2 is 2.11 bits per heavy atom. The number of nitrogens with zero attached hydrogens (tertiary/aromatic N) is 5. The van der Waals surface area contributed by atoms with E-state index in [0.29, 0.717) is 22.6 Å². The Bertz CT molecular complexity index is 1160. The van der Waals surface area contributed by atoms with Gasteiger partial charge in [-0.1, -0.05) is 18.0 Å². The zero-order valence-electron chi connectivity index (χ0n) is 14.8. The number of anilines is 1. The molecule has 0 atom stereocenters. The summed E-state index contributed by atoms with van der Waals surface area (Å²) in [6.07, 6.45) is 7.01. The quantitative estimate of drug-likeness (QED) is 0.560. The summed E-state index contributed by atoms with van der Waals surface area (Å²) in [4.78, 5) is 9.63. The number of aromatic nitrogens is 6. The van der Waals surface area contributed by atoms with E-state index in [0.717, 1.165) is 46.4 Å². The lowest BCUT2D eigenvalue weighted by Crippen LogP contribution is -2.17.